The van der Waals surface area contributed by atoms with Crippen LogP contribution in [0.5, 0.6) is 0 Å². The molecule has 0 saturated heterocycles. The van der Waals surface area contributed by atoms with Crippen LogP contribution in [-0.2, 0) is 4.79 Å². The molecule has 3 heteroatoms. The molecule has 1 aromatic rings. The average molecular weight is 209 g/mol. The van der Waals surface area contributed by atoms with Gasteiger partial charge in [0.15, 0.2) is 5.78 Å². The van der Waals surface area contributed by atoms with Gasteiger partial charge in [0.1, 0.15) is 0 Å². The molecule has 1 aliphatic carbocycles. The minimum Gasteiger partial charge on any atom is -0.388 e. The number of aliphatic hydroxyl groups is 1. The van der Waals surface area contributed by atoms with Crippen LogP contribution in [0, 0.1) is 0 Å². The molecule has 0 unspecified atom stereocenters. The number of rotatable bonds is 1. The van der Waals surface area contributed by atoms with Gasteiger partial charge in [-0.2, -0.15) is 0 Å². The summed E-state index contributed by atoms with van der Waals surface area (Å²) in [6.45, 7) is 0. The van der Waals surface area contributed by atoms with Gasteiger partial charge in [-0.15, -0.1) is 0 Å². The summed E-state index contributed by atoms with van der Waals surface area (Å²) >= 11 is 5.94. The van der Waals surface area contributed by atoms with E-state index in [1.54, 1.807) is 24.3 Å². The van der Waals surface area contributed by atoms with Crippen LogP contribution < -0.4 is 0 Å². The molecule has 72 valence electrons. The summed E-state index contributed by atoms with van der Waals surface area (Å²) in [4.78, 5) is 11.4. The molecule has 0 amide bonds. The molecule has 0 aliphatic heterocycles. The van der Waals surface area contributed by atoms with Gasteiger partial charge in [0.05, 0.1) is 12.0 Å². The number of carbonyl (C=O) groups is 1. The SMILES string of the molecule is O=C1C=C[C@H](O)[C@H]1c1ccccc1Cl. The molecule has 14 heavy (non-hydrogen) atoms. The van der Waals surface area contributed by atoms with E-state index in [4.69, 9.17) is 11.6 Å². The van der Waals surface area contributed by atoms with E-state index in [-0.39, 0.29) is 5.78 Å². The van der Waals surface area contributed by atoms with Crippen LogP contribution in [0.15, 0.2) is 36.4 Å². The minimum atomic E-state index is -0.748. The lowest BCUT2D eigenvalue weighted by atomic mass is 9.94. The molecule has 0 saturated carbocycles. The Bertz CT molecular complexity index is 398. The molecule has 2 atom stereocenters. The first-order chi connectivity index (χ1) is 6.70. The maximum atomic E-state index is 11.4. The Balaban J connectivity index is 2.41. The van der Waals surface area contributed by atoms with Crippen LogP contribution in [0.25, 0.3) is 0 Å². The molecule has 2 nitrogen and oxygen atoms in total. The van der Waals surface area contributed by atoms with Gasteiger partial charge in [-0.3, -0.25) is 4.79 Å². The molecule has 0 bridgehead atoms. The smallest absolute Gasteiger partial charge is 0.165 e. The summed E-state index contributed by atoms with van der Waals surface area (Å²) < 4.78 is 0. The Labute approximate surface area is 86.8 Å². The second-order valence-corrected chi connectivity index (χ2v) is 3.66. The van der Waals surface area contributed by atoms with Crippen LogP contribution in [0.1, 0.15) is 11.5 Å². The maximum Gasteiger partial charge on any atom is 0.165 e. The van der Waals surface area contributed by atoms with Gasteiger partial charge < -0.3 is 5.11 Å². The molecular weight excluding hydrogens is 200 g/mol. The third-order valence-electron chi connectivity index (χ3n) is 2.35. The Kier molecular flexibility index (Phi) is 2.40. The van der Waals surface area contributed by atoms with Crippen molar-refractivity contribution in [2.24, 2.45) is 0 Å². The van der Waals surface area contributed by atoms with E-state index in [0.717, 1.165) is 0 Å². The van der Waals surface area contributed by atoms with E-state index < -0.39 is 12.0 Å². The number of hydrogen-bond acceptors (Lipinski definition) is 2. The molecule has 0 radical (unpaired) electrons. The van der Waals surface area contributed by atoms with E-state index in [1.807, 2.05) is 0 Å². The molecule has 0 aromatic heterocycles. The molecule has 1 aromatic carbocycles. The third-order valence-corrected chi connectivity index (χ3v) is 2.69. The van der Waals surface area contributed by atoms with Crippen molar-refractivity contribution in [3.05, 3.63) is 47.0 Å². The minimum absolute atomic E-state index is 0.0920. The van der Waals surface area contributed by atoms with E-state index in [1.165, 1.54) is 12.2 Å². The van der Waals surface area contributed by atoms with Crippen molar-refractivity contribution < 1.29 is 9.90 Å². The molecule has 1 N–H and O–H groups in total. The van der Waals surface area contributed by atoms with Gasteiger partial charge in [0, 0.05) is 5.02 Å². The van der Waals surface area contributed by atoms with Crippen molar-refractivity contribution in [3.8, 4) is 0 Å². The predicted molar refractivity (Wildman–Crippen MR) is 54.3 cm³/mol. The highest BCUT2D eigenvalue weighted by molar-refractivity contribution is 6.31. The Hall–Kier alpha value is -1.12. The summed E-state index contributed by atoms with van der Waals surface area (Å²) in [5.74, 6) is -0.616. The number of ketones is 1. The fourth-order valence-corrected chi connectivity index (χ4v) is 1.89. The van der Waals surface area contributed by atoms with Gasteiger partial charge in [-0.1, -0.05) is 35.9 Å². The molecule has 0 fully saturated rings. The zero-order chi connectivity index (χ0) is 10.1. The fourth-order valence-electron chi connectivity index (χ4n) is 1.64. The summed E-state index contributed by atoms with van der Waals surface area (Å²) in [5, 5.41) is 10.1. The topological polar surface area (TPSA) is 37.3 Å². The molecular formula is C11H9ClO2. The predicted octanol–water partition coefficient (Wildman–Crippen LogP) is 1.92. The van der Waals surface area contributed by atoms with Crippen LogP contribution in [0.4, 0.5) is 0 Å². The van der Waals surface area contributed by atoms with E-state index in [9.17, 15) is 9.90 Å². The molecule has 0 spiro atoms. The van der Waals surface area contributed by atoms with Gasteiger partial charge >= 0.3 is 0 Å². The zero-order valence-corrected chi connectivity index (χ0v) is 8.11. The highest BCUT2D eigenvalue weighted by Gasteiger charge is 2.31. The normalized spacial score (nSPS) is 25.7. The number of aliphatic hydroxyl groups excluding tert-OH is 1. The number of benzene rings is 1. The lowest BCUT2D eigenvalue weighted by Gasteiger charge is -2.14. The molecule has 2 rings (SSSR count). The van der Waals surface area contributed by atoms with Gasteiger partial charge in [-0.05, 0) is 17.7 Å². The Morgan fingerprint density at radius 3 is 2.57 bits per heavy atom. The lowest BCUT2D eigenvalue weighted by Crippen LogP contribution is -2.17. The van der Waals surface area contributed by atoms with Gasteiger partial charge in [-0.25, -0.2) is 0 Å². The summed E-state index contributed by atoms with van der Waals surface area (Å²) in [6.07, 6.45) is 2.15. The van der Waals surface area contributed by atoms with Crippen LogP contribution in [0.2, 0.25) is 5.02 Å². The van der Waals surface area contributed by atoms with Crippen molar-refractivity contribution in [1.82, 2.24) is 0 Å². The second kappa shape index (κ2) is 3.56. The second-order valence-electron chi connectivity index (χ2n) is 3.25. The molecule has 1 aliphatic rings. The van der Waals surface area contributed by atoms with Crippen molar-refractivity contribution in [2.45, 2.75) is 12.0 Å². The Morgan fingerprint density at radius 2 is 2.00 bits per heavy atom. The summed E-state index contributed by atoms with van der Waals surface area (Å²) in [7, 11) is 0. The largest absolute Gasteiger partial charge is 0.388 e. The summed E-state index contributed by atoms with van der Waals surface area (Å²) in [5.41, 5.74) is 0.691. The standard InChI is InChI=1S/C11H9ClO2/c12-8-4-2-1-3-7(8)11-9(13)5-6-10(11)14/h1-6,9,11,13H/t9-,11+/m0/s1. The first-order valence-electron chi connectivity index (χ1n) is 4.34. The van der Waals surface area contributed by atoms with Crippen LogP contribution >= 0.6 is 11.6 Å². The van der Waals surface area contributed by atoms with Crippen LogP contribution in [-0.4, -0.2) is 17.0 Å². The average Bonchev–Trinajstić information content (AvgIpc) is 2.48. The lowest BCUT2D eigenvalue weighted by molar-refractivity contribution is -0.116. The number of carbonyl (C=O) groups excluding carboxylic acids is 1. The fraction of sp³-hybridized carbons (Fsp3) is 0.182. The first-order valence-corrected chi connectivity index (χ1v) is 4.72. The van der Waals surface area contributed by atoms with Crippen molar-refractivity contribution >= 4 is 17.4 Å². The quantitative estimate of drug-likeness (QED) is 0.766. The maximum absolute atomic E-state index is 11.4. The first kappa shape index (κ1) is 9.44. The van der Waals surface area contributed by atoms with E-state index >= 15 is 0 Å². The van der Waals surface area contributed by atoms with E-state index in [0.29, 0.717) is 10.6 Å². The Morgan fingerprint density at radius 1 is 1.29 bits per heavy atom. The zero-order valence-electron chi connectivity index (χ0n) is 7.35. The van der Waals surface area contributed by atoms with Crippen molar-refractivity contribution in [2.75, 3.05) is 0 Å². The van der Waals surface area contributed by atoms with Crippen LogP contribution in [0.3, 0.4) is 0 Å². The van der Waals surface area contributed by atoms with Gasteiger partial charge in [0.25, 0.3) is 0 Å². The highest BCUT2D eigenvalue weighted by Crippen LogP contribution is 2.31. The van der Waals surface area contributed by atoms with Gasteiger partial charge in [0.2, 0.25) is 0 Å². The number of halogens is 1. The monoisotopic (exact) mass is 208 g/mol. The van der Waals surface area contributed by atoms with E-state index in [2.05, 4.69) is 0 Å². The number of hydrogen-bond donors (Lipinski definition) is 1. The third kappa shape index (κ3) is 1.47. The van der Waals surface area contributed by atoms with Crippen molar-refractivity contribution in [3.63, 3.8) is 0 Å². The molecule has 0 heterocycles. The van der Waals surface area contributed by atoms with Crippen molar-refractivity contribution in [1.29, 1.82) is 0 Å². The number of allylic oxidation sites excluding steroid dienone is 1. The summed E-state index contributed by atoms with van der Waals surface area (Å²) in [6, 6.07) is 7.08. The highest BCUT2D eigenvalue weighted by atomic mass is 35.5.